The quantitative estimate of drug-likeness (QED) is 0.536. The summed E-state index contributed by atoms with van der Waals surface area (Å²) in [6.07, 6.45) is 1.41. The molecule has 1 heterocycles. The SMILES string of the molecule is CS(=O)(=O)CC(N)Cc1nc(OB(O)O)cs1. The average molecular weight is 280 g/mol. The minimum Gasteiger partial charge on any atom is -0.497 e. The van der Waals surface area contributed by atoms with Crippen molar-refractivity contribution in [3.05, 3.63) is 10.4 Å². The molecule has 1 aromatic heterocycles. The van der Waals surface area contributed by atoms with Crippen molar-refractivity contribution in [1.82, 2.24) is 4.98 Å². The van der Waals surface area contributed by atoms with Crippen molar-refractivity contribution in [2.75, 3.05) is 12.0 Å². The first-order valence-electron chi connectivity index (χ1n) is 4.67. The van der Waals surface area contributed by atoms with Gasteiger partial charge in [-0.2, -0.15) is 0 Å². The smallest absolute Gasteiger partial charge is 0.497 e. The lowest BCUT2D eigenvalue weighted by Crippen LogP contribution is -2.31. The van der Waals surface area contributed by atoms with Crippen LogP contribution in [0.5, 0.6) is 5.88 Å². The molecule has 96 valence electrons. The number of nitrogens with zero attached hydrogens (tertiary/aromatic N) is 1. The summed E-state index contributed by atoms with van der Waals surface area (Å²) < 4.78 is 26.5. The van der Waals surface area contributed by atoms with Crippen LogP contribution in [-0.2, 0) is 16.3 Å². The Hall–Kier alpha value is -0.675. The van der Waals surface area contributed by atoms with E-state index in [0.717, 1.165) is 6.26 Å². The molecule has 0 fully saturated rings. The molecule has 1 unspecified atom stereocenters. The molecule has 1 atom stereocenters. The van der Waals surface area contributed by atoms with Crippen molar-refractivity contribution in [3.8, 4) is 5.88 Å². The molecule has 10 heteroatoms. The van der Waals surface area contributed by atoms with E-state index in [1.807, 2.05) is 0 Å². The van der Waals surface area contributed by atoms with Crippen LogP contribution in [0.3, 0.4) is 0 Å². The molecule has 0 radical (unpaired) electrons. The number of hydrogen-bond acceptors (Lipinski definition) is 8. The molecule has 0 saturated carbocycles. The number of sulfone groups is 1. The molecule has 7 nitrogen and oxygen atoms in total. The van der Waals surface area contributed by atoms with E-state index in [-0.39, 0.29) is 11.6 Å². The van der Waals surface area contributed by atoms with Gasteiger partial charge in [0.25, 0.3) is 0 Å². The standard InChI is InChI=1S/C7H13BN2O5S2/c1-17(13,14)4-5(9)2-7-10-6(3-16-7)15-8(11)12/h3,5,11-12H,2,4,9H2,1H3. The van der Waals surface area contributed by atoms with Crippen LogP contribution in [0.4, 0.5) is 0 Å². The van der Waals surface area contributed by atoms with Crippen LogP contribution >= 0.6 is 11.3 Å². The van der Waals surface area contributed by atoms with Crippen LogP contribution < -0.4 is 10.4 Å². The van der Waals surface area contributed by atoms with E-state index in [2.05, 4.69) is 9.64 Å². The average Bonchev–Trinajstić information content (AvgIpc) is 2.46. The van der Waals surface area contributed by atoms with Crippen molar-refractivity contribution < 1.29 is 23.1 Å². The highest BCUT2D eigenvalue weighted by Gasteiger charge is 2.16. The van der Waals surface area contributed by atoms with Gasteiger partial charge in [0.15, 0.2) is 0 Å². The largest absolute Gasteiger partial charge is 0.708 e. The molecule has 0 aliphatic rings. The van der Waals surface area contributed by atoms with E-state index in [4.69, 9.17) is 15.8 Å². The number of thiazole rings is 1. The molecule has 0 aromatic carbocycles. The van der Waals surface area contributed by atoms with E-state index in [1.165, 1.54) is 16.7 Å². The molecule has 0 aliphatic heterocycles. The first-order valence-corrected chi connectivity index (χ1v) is 7.61. The lowest BCUT2D eigenvalue weighted by molar-refractivity contribution is 0.284. The summed E-state index contributed by atoms with van der Waals surface area (Å²) in [6, 6.07) is -0.539. The summed E-state index contributed by atoms with van der Waals surface area (Å²) in [5.74, 6) is -0.0441. The molecule has 1 rings (SSSR count). The Morgan fingerprint density at radius 3 is 2.82 bits per heavy atom. The Bertz CT molecular complexity index is 461. The fraction of sp³-hybridized carbons (Fsp3) is 0.571. The van der Waals surface area contributed by atoms with Gasteiger partial charge >= 0.3 is 7.32 Å². The van der Waals surface area contributed by atoms with Gasteiger partial charge in [-0.25, -0.2) is 13.4 Å². The molecule has 0 amide bonds. The Kier molecular flexibility index (Phi) is 4.89. The van der Waals surface area contributed by atoms with E-state index in [9.17, 15) is 8.42 Å². The van der Waals surface area contributed by atoms with E-state index >= 15 is 0 Å². The highest BCUT2D eigenvalue weighted by molar-refractivity contribution is 7.90. The molecule has 0 spiro atoms. The topological polar surface area (TPSA) is 123 Å². The summed E-state index contributed by atoms with van der Waals surface area (Å²) >= 11 is 1.21. The lowest BCUT2D eigenvalue weighted by atomic mass is 10.2. The zero-order chi connectivity index (χ0) is 13.1. The minimum atomic E-state index is -3.12. The van der Waals surface area contributed by atoms with Crippen LogP contribution in [-0.4, -0.2) is 48.8 Å². The van der Waals surface area contributed by atoms with Gasteiger partial charge in [0.1, 0.15) is 9.84 Å². The minimum absolute atomic E-state index is 0.0755. The van der Waals surface area contributed by atoms with Gasteiger partial charge < -0.3 is 20.4 Å². The van der Waals surface area contributed by atoms with Gasteiger partial charge in [-0.05, 0) is 0 Å². The number of rotatable bonds is 6. The van der Waals surface area contributed by atoms with Gasteiger partial charge in [-0.1, -0.05) is 0 Å². The van der Waals surface area contributed by atoms with Crippen molar-refractivity contribution in [3.63, 3.8) is 0 Å². The number of aromatic nitrogens is 1. The molecule has 1 aromatic rings. The van der Waals surface area contributed by atoms with Gasteiger partial charge in [0.05, 0.1) is 16.1 Å². The van der Waals surface area contributed by atoms with Crippen LogP contribution in [0.25, 0.3) is 0 Å². The van der Waals surface area contributed by atoms with Gasteiger partial charge in [-0.15, -0.1) is 11.3 Å². The third-order valence-electron chi connectivity index (χ3n) is 1.71. The Morgan fingerprint density at radius 2 is 2.29 bits per heavy atom. The Balaban J connectivity index is 2.54. The second-order valence-corrected chi connectivity index (χ2v) is 6.71. The zero-order valence-corrected chi connectivity index (χ0v) is 10.7. The predicted molar refractivity (Wildman–Crippen MR) is 64.3 cm³/mol. The third-order valence-corrected chi connectivity index (χ3v) is 3.59. The monoisotopic (exact) mass is 280 g/mol. The van der Waals surface area contributed by atoms with E-state index < -0.39 is 23.2 Å². The lowest BCUT2D eigenvalue weighted by Gasteiger charge is -2.07. The maximum absolute atomic E-state index is 11.0. The fourth-order valence-corrected chi connectivity index (χ4v) is 2.92. The van der Waals surface area contributed by atoms with Crippen LogP contribution in [0.15, 0.2) is 5.38 Å². The molecule has 0 saturated heterocycles. The van der Waals surface area contributed by atoms with Crippen molar-refractivity contribution >= 4 is 28.5 Å². The second-order valence-electron chi connectivity index (χ2n) is 3.58. The number of nitrogens with two attached hydrogens (primary N) is 1. The first-order chi connectivity index (χ1) is 7.76. The molecular formula is C7H13BN2O5S2. The van der Waals surface area contributed by atoms with E-state index in [1.54, 1.807) is 0 Å². The highest BCUT2D eigenvalue weighted by atomic mass is 32.2. The first kappa shape index (κ1) is 14.4. The number of hydrogen-bond donors (Lipinski definition) is 3. The predicted octanol–water partition coefficient (Wildman–Crippen LogP) is -1.59. The summed E-state index contributed by atoms with van der Waals surface area (Å²) in [5, 5.41) is 19.2. The van der Waals surface area contributed by atoms with Crippen LogP contribution in [0, 0.1) is 0 Å². The summed E-state index contributed by atoms with van der Waals surface area (Å²) in [5.41, 5.74) is 5.65. The van der Waals surface area contributed by atoms with Crippen LogP contribution in [0.2, 0.25) is 0 Å². The Labute approximate surface area is 103 Å². The fourth-order valence-electron chi connectivity index (χ4n) is 1.22. The zero-order valence-electron chi connectivity index (χ0n) is 9.11. The van der Waals surface area contributed by atoms with Crippen LogP contribution in [0.1, 0.15) is 5.01 Å². The summed E-state index contributed by atoms with van der Waals surface area (Å²) in [4.78, 5) is 3.92. The molecule has 4 N–H and O–H groups in total. The van der Waals surface area contributed by atoms with Crippen molar-refractivity contribution in [1.29, 1.82) is 0 Å². The Morgan fingerprint density at radius 1 is 1.65 bits per heavy atom. The summed E-state index contributed by atoms with van der Waals surface area (Å²) in [6.45, 7) is 0. The second kappa shape index (κ2) is 5.78. The normalized spacial score (nSPS) is 13.4. The van der Waals surface area contributed by atoms with Crippen molar-refractivity contribution in [2.24, 2.45) is 5.73 Å². The van der Waals surface area contributed by atoms with Gasteiger partial charge in [0.2, 0.25) is 5.88 Å². The maximum Gasteiger partial charge on any atom is 0.708 e. The third kappa shape index (κ3) is 5.98. The molecule has 0 bridgehead atoms. The molecular weight excluding hydrogens is 267 g/mol. The molecule has 17 heavy (non-hydrogen) atoms. The summed E-state index contributed by atoms with van der Waals surface area (Å²) in [7, 11) is -5.04. The molecule has 0 aliphatic carbocycles. The van der Waals surface area contributed by atoms with Gasteiger partial charge in [0, 0.05) is 18.7 Å². The van der Waals surface area contributed by atoms with Gasteiger partial charge in [-0.3, -0.25) is 0 Å². The van der Waals surface area contributed by atoms with E-state index in [0.29, 0.717) is 11.4 Å². The highest BCUT2D eigenvalue weighted by Crippen LogP contribution is 2.17. The van der Waals surface area contributed by atoms with Crippen molar-refractivity contribution in [2.45, 2.75) is 12.5 Å². The maximum atomic E-state index is 11.0.